The van der Waals surface area contributed by atoms with Crippen LogP contribution in [0.25, 0.3) is 0 Å². The van der Waals surface area contributed by atoms with Crippen molar-refractivity contribution in [2.75, 3.05) is 11.5 Å². The van der Waals surface area contributed by atoms with Crippen molar-refractivity contribution in [1.29, 1.82) is 0 Å². The van der Waals surface area contributed by atoms with Crippen LogP contribution in [0.3, 0.4) is 0 Å². The van der Waals surface area contributed by atoms with Crippen molar-refractivity contribution < 1.29 is 19.8 Å². The maximum Gasteiger partial charge on any atom is 0.200 e. The third kappa shape index (κ3) is 2.99. The van der Waals surface area contributed by atoms with Crippen LogP contribution in [0, 0.1) is 11.8 Å². The quantitative estimate of drug-likeness (QED) is 0.404. The molecule has 148 valence electrons. The minimum atomic E-state index is -0.594. The molecular weight excluding hydrogens is 356 g/mol. The predicted octanol–water partition coefficient (Wildman–Crippen LogP) is 3.43. The van der Waals surface area contributed by atoms with E-state index in [4.69, 9.17) is 11.5 Å². The van der Waals surface area contributed by atoms with Gasteiger partial charge in [-0.05, 0) is 47.9 Å². The first-order valence-corrected chi connectivity index (χ1v) is 9.42. The van der Waals surface area contributed by atoms with E-state index in [9.17, 15) is 19.8 Å². The van der Waals surface area contributed by atoms with Gasteiger partial charge < -0.3 is 21.7 Å². The first-order chi connectivity index (χ1) is 13.0. The second kappa shape index (κ2) is 6.86. The Balaban J connectivity index is 2.30. The van der Waals surface area contributed by atoms with E-state index in [2.05, 4.69) is 0 Å². The number of hydrogen-bond donors (Lipinski definition) is 4. The molecule has 6 nitrogen and oxygen atoms in total. The van der Waals surface area contributed by atoms with Crippen molar-refractivity contribution in [1.82, 2.24) is 0 Å². The number of nitrogens with two attached hydrogens (primary N) is 2. The third-order valence-electron chi connectivity index (χ3n) is 4.98. The second-order valence-electron chi connectivity index (χ2n) is 8.30. The first kappa shape index (κ1) is 19.7. The van der Waals surface area contributed by atoms with E-state index in [0.29, 0.717) is 24.0 Å². The predicted molar refractivity (Wildman–Crippen MR) is 109 cm³/mol. The molecular formula is C22H26N2O4. The maximum atomic E-state index is 13.2. The molecule has 0 amide bonds. The van der Waals surface area contributed by atoms with Crippen molar-refractivity contribution >= 4 is 22.9 Å². The van der Waals surface area contributed by atoms with Crippen LogP contribution in [0.15, 0.2) is 12.1 Å². The van der Waals surface area contributed by atoms with Gasteiger partial charge in [0.2, 0.25) is 11.6 Å². The average molecular weight is 382 g/mol. The molecule has 0 saturated heterocycles. The van der Waals surface area contributed by atoms with Crippen LogP contribution in [0.4, 0.5) is 11.4 Å². The molecule has 0 radical (unpaired) electrons. The van der Waals surface area contributed by atoms with E-state index in [1.165, 1.54) is 12.1 Å². The molecule has 6 N–H and O–H groups in total. The number of carbonyl (C=O) groups is 2. The van der Waals surface area contributed by atoms with E-state index in [-0.39, 0.29) is 57.0 Å². The van der Waals surface area contributed by atoms with Gasteiger partial charge in [0.15, 0.2) is 0 Å². The molecule has 2 aromatic rings. The summed E-state index contributed by atoms with van der Waals surface area (Å²) in [6.07, 6.45) is 1.01. The van der Waals surface area contributed by atoms with Gasteiger partial charge in [0.1, 0.15) is 11.5 Å². The lowest BCUT2D eigenvalue weighted by molar-refractivity contribution is 0.0975. The summed E-state index contributed by atoms with van der Waals surface area (Å²) in [5.41, 5.74) is 13.1. The number of phenols is 2. The molecule has 0 heterocycles. The van der Waals surface area contributed by atoms with E-state index in [0.717, 1.165) is 0 Å². The summed E-state index contributed by atoms with van der Waals surface area (Å²) in [7, 11) is 0. The van der Waals surface area contributed by atoms with Gasteiger partial charge >= 0.3 is 0 Å². The van der Waals surface area contributed by atoms with Crippen LogP contribution in [-0.4, -0.2) is 21.8 Å². The molecule has 0 unspecified atom stereocenters. The summed E-state index contributed by atoms with van der Waals surface area (Å²) in [5, 5.41) is 21.4. The van der Waals surface area contributed by atoms with Crippen molar-refractivity contribution in [2.45, 2.75) is 40.5 Å². The topological polar surface area (TPSA) is 127 Å². The van der Waals surface area contributed by atoms with Crippen molar-refractivity contribution in [3.63, 3.8) is 0 Å². The highest BCUT2D eigenvalue weighted by Gasteiger charge is 2.39. The molecule has 0 bridgehead atoms. The number of ketones is 2. The summed E-state index contributed by atoms with van der Waals surface area (Å²) in [6, 6.07) is 3.06. The number of fused-ring (bicyclic) bond motifs is 2. The molecule has 0 spiro atoms. The van der Waals surface area contributed by atoms with Crippen molar-refractivity contribution in [3.05, 3.63) is 45.5 Å². The van der Waals surface area contributed by atoms with Crippen molar-refractivity contribution in [3.8, 4) is 11.5 Å². The van der Waals surface area contributed by atoms with Crippen LogP contribution in [0.5, 0.6) is 11.5 Å². The Bertz CT molecular complexity index is 925. The Morgan fingerprint density at radius 3 is 1.32 bits per heavy atom. The fourth-order valence-corrected chi connectivity index (χ4v) is 3.88. The van der Waals surface area contributed by atoms with E-state index < -0.39 is 11.6 Å². The van der Waals surface area contributed by atoms with E-state index in [1.54, 1.807) is 0 Å². The molecule has 28 heavy (non-hydrogen) atoms. The molecule has 0 aliphatic heterocycles. The molecule has 3 rings (SSSR count). The fraction of sp³-hybridized carbons (Fsp3) is 0.364. The number of anilines is 2. The largest absolute Gasteiger partial charge is 0.507 e. The zero-order valence-electron chi connectivity index (χ0n) is 16.6. The fourth-order valence-electron chi connectivity index (χ4n) is 3.88. The summed E-state index contributed by atoms with van der Waals surface area (Å²) < 4.78 is 0. The Hall–Kier alpha value is -3.02. The molecule has 0 fully saturated rings. The SMILES string of the molecule is CC(C)Cc1cc(N)c2c(c1O)C(=O)c1c(N)cc(CC(C)C)c(O)c1C2=O. The van der Waals surface area contributed by atoms with Crippen LogP contribution in [0.1, 0.15) is 70.7 Å². The second-order valence-corrected chi connectivity index (χ2v) is 8.30. The summed E-state index contributed by atoms with van der Waals surface area (Å²) in [6.45, 7) is 7.90. The number of phenolic OH excluding ortho intramolecular Hbond substituents is 2. The molecule has 6 heteroatoms. The van der Waals surface area contributed by atoms with Crippen LogP contribution < -0.4 is 11.5 Å². The van der Waals surface area contributed by atoms with Crippen LogP contribution in [-0.2, 0) is 12.8 Å². The number of nitrogen functional groups attached to an aromatic ring is 2. The summed E-state index contributed by atoms with van der Waals surface area (Å²) >= 11 is 0. The van der Waals surface area contributed by atoms with Gasteiger partial charge in [-0.25, -0.2) is 0 Å². The van der Waals surface area contributed by atoms with Crippen LogP contribution in [0.2, 0.25) is 0 Å². The highest BCUT2D eigenvalue weighted by molar-refractivity contribution is 6.33. The number of benzene rings is 2. The lowest BCUT2D eigenvalue weighted by Crippen LogP contribution is -2.25. The standard InChI is InChI=1S/C22H26N2O4/c1-9(2)5-11-7-13(23)15-17(19(11)25)21(27)16-14(24)8-12(6-10(3)4)20(26)18(16)22(15)28/h7-10,25-26H,5-6,23-24H2,1-4H3. The first-order valence-electron chi connectivity index (χ1n) is 9.42. The van der Waals surface area contributed by atoms with E-state index in [1.807, 2.05) is 27.7 Å². The molecule has 0 aromatic heterocycles. The lowest BCUT2D eigenvalue weighted by Gasteiger charge is -2.25. The Labute approximate surface area is 164 Å². The Morgan fingerprint density at radius 1 is 0.714 bits per heavy atom. The van der Waals surface area contributed by atoms with Gasteiger partial charge in [0, 0.05) is 11.4 Å². The van der Waals surface area contributed by atoms with Gasteiger partial charge in [0.05, 0.1) is 22.3 Å². The average Bonchev–Trinajstić information content (AvgIpc) is 2.57. The zero-order valence-corrected chi connectivity index (χ0v) is 16.6. The molecule has 1 aliphatic rings. The van der Waals surface area contributed by atoms with Gasteiger partial charge in [0.25, 0.3) is 0 Å². The summed E-state index contributed by atoms with van der Waals surface area (Å²) in [5.74, 6) is -1.24. The lowest BCUT2D eigenvalue weighted by atomic mass is 9.78. The van der Waals surface area contributed by atoms with Gasteiger partial charge in [-0.15, -0.1) is 0 Å². The van der Waals surface area contributed by atoms with E-state index >= 15 is 0 Å². The van der Waals surface area contributed by atoms with Gasteiger partial charge in [-0.2, -0.15) is 0 Å². The number of aromatic hydroxyl groups is 2. The smallest absolute Gasteiger partial charge is 0.200 e. The minimum Gasteiger partial charge on any atom is -0.507 e. The highest BCUT2D eigenvalue weighted by atomic mass is 16.3. The minimum absolute atomic E-state index is 0.0705. The maximum absolute atomic E-state index is 13.2. The number of carbonyl (C=O) groups excluding carboxylic acids is 2. The highest BCUT2D eigenvalue weighted by Crippen LogP contribution is 2.44. The molecule has 1 aliphatic carbocycles. The molecule has 0 atom stereocenters. The third-order valence-corrected chi connectivity index (χ3v) is 4.98. The van der Waals surface area contributed by atoms with Crippen LogP contribution >= 0.6 is 0 Å². The molecule has 0 saturated carbocycles. The van der Waals surface area contributed by atoms with Crippen molar-refractivity contribution in [2.24, 2.45) is 11.8 Å². The Kier molecular flexibility index (Phi) is 4.83. The Morgan fingerprint density at radius 2 is 1.04 bits per heavy atom. The number of hydrogen-bond acceptors (Lipinski definition) is 6. The van der Waals surface area contributed by atoms with Gasteiger partial charge in [-0.1, -0.05) is 27.7 Å². The summed E-state index contributed by atoms with van der Waals surface area (Å²) in [4.78, 5) is 26.4. The molecule has 2 aromatic carbocycles. The number of rotatable bonds is 4. The monoisotopic (exact) mass is 382 g/mol. The zero-order chi connectivity index (χ0) is 20.9. The normalized spacial score (nSPS) is 13.2. The van der Waals surface area contributed by atoms with Gasteiger partial charge in [-0.3, -0.25) is 9.59 Å².